The average molecular weight is 283 g/mol. The van der Waals surface area contributed by atoms with Crippen molar-refractivity contribution < 1.29 is 17.9 Å². The molecule has 1 unspecified atom stereocenters. The first-order valence-corrected chi connectivity index (χ1v) is 7.98. The van der Waals surface area contributed by atoms with Crippen LogP contribution in [0, 0.1) is 0 Å². The predicted molar refractivity (Wildman–Crippen MR) is 69.8 cm³/mol. The fourth-order valence-electron chi connectivity index (χ4n) is 2.71. The molecule has 0 amide bonds. The zero-order valence-electron chi connectivity index (χ0n) is 10.8. The van der Waals surface area contributed by atoms with E-state index in [9.17, 15) is 8.42 Å². The molecule has 3 rings (SSSR count). The van der Waals surface area contributed by atoms with E-state index >= 15 is 0 Å². The van der Waals surface area contributed by atoms with Crippen LogP contribution in [0.2, 0.25) is 0 Å². The molecule has 1 aromatic carbocycles. The maximum Gasteiger partial charge on any atom is 0.243 e. The maximum atomic E-state index is 12.6. The molecule has 1 aromatic rings. The predicted octanol–water partition coefficient (Wildman–Crippen LogP) is 1.98. The number of hydrogen-bond donors (Lipinski definition) is 0. The number of ether oxygens (including phenoxy) is 2. The highest BCUT2D eigenvalue weighted by atomic mass is 32.2. The standard InChI is InChI=1S/C13H17NO4S/c1-2-10-4-3-7-14(10)19(15,16)11-5-6-12-13(8-11)18-9-17-12/h5-6,8,10H,2-4,7,9H2,1H3. The normalized spacial score (nSPS) is 22.9. The minimum atomic E-state index is -3.42. The molecule has 1 fully saturated rings. The zero-order valence-corrected chi connectivity index (χ0v) is 11.6. The van der Waals surface area contributed by atoms with Gasteiger partial charge in [0.05, 0.1) is 4.90 Å². The molecule has 2 aliphatic rings. The van der Waals surface area contributed by atoms with Gasteiger partial charge in [-0.2, -0.15) is 4.31 Å². The molecule has 104 valence electrons. The summed E-state index contributed by atoms with van der Waals surface area (Å²) in [7, 11) is -3.42. The Morgan fingerprint density at radius 1 is 1.32 bits per heavy atom. The van der Waals surface area contributed by atoms with Crippen molar-refractivity contribution in [1.82, 2.24) is 4.31 Å². The van der Waals surface area contributed by atoms with E-state index < -0.39 is 10.0 Å². The van der Waals surface area contributed by atoms with Gasteiger partial charge in [0, 0.05) is 18.7 Å². The quantitative estimate of drug-likeness (QED) is 0.851. The largest absolute Gasteiger partial charge is 0.454 e. The minimum Gasteiger partial charge on any atom is -0.454 e. The monoisotopic (exact) mass is 283 g/mol. The highest BCUT2D eigenvalue weighted by Gasteiger charge is 2.34. The maximum absolute atomic E-state index is 12.6. The van der Waals surface area contributed by atoms with Crippen LogP contribution in [-0.2, 0) is 10.0 Å². The van der Waals surface area contributed by atoms with Crippen molar-refractivity contribution in [3.05, 3.63) is 18.2 Å². The van der Waals surface area contributed by atoms with E-state index in [1.165, 1.54) is 0 Å². The van der Waals surface area contributed by atoms with Gasteiger partial charge in [0.2, 0.25) is 16.8 Å². The zero-order chi connectivity index (χ0) is 13.5. The van der Waals surface area contributed by atoms with Crippen molar-refractivity contribution in [3.8, 4) is 11.5 Å². The Balaban J connectivity index is 1.96. The van der Waals surface area contributed by atoms with E-state index in [1.807, 2.05) is 6.92 Å². The fourth-order valence-corrected chi connectivity index (χ4v) is 4.49. The van der Waals surface area contributed by atoms with E-state index in [0.717, 1.165) is 19.3 Å². The molecule has 2 aliphatic heterocycles. The van der Waals surface area contributed by atoms with Crippen LogP contribution in [0.4, 0.5) is 0 Å². The first kappa shape index (κ1) is 12.7. The second-order valence-electron chi connectivity index (χ2n) is 4.84. The van der Waals surface area contributed by atoms with Gasteiger partial charge in [-0.1, -0.05) is 6.92 Å². The number of hydrogen-bond acceptors (Lipinski definition) is 4. The van der Waals surface area contributed by atoms with E-state index in [2.05, 4.69) is 0 Å². The molecule has 0 N–H and O–H groups in total. The molecule has 0 radical (unpaired) electrons. The molecule has 6 heteroatoms. The van der Waals surface area contributed by atoms with Gasteiger partial charge in [0.1, 0.15) is 0 Å². The molecule has 0 saturated carbocycles. The number of sulfonamides is 1. The molecule has 0 spiro atoms. The molecule has 1 saturated heterocycles. The average Bonchev–Trinajstić information content (AvgIpc) is 3.06. The second kappa shape index (κ2) is 4.68. The van der Waals surface area contributed by atoms with Gasteiger partial charge in [0.15, 0.2) is 11.5 Å². The molecular formula is C13H17NO4S. The van der Waals surface area contributed by atoms with Gasteiger partial charge in [-0.3, -0.25) is 0 Å². The first-order chi connectivity index (χ1) is 9.13. The van der Waals surface area contributed by atoms with Crippen LogP contribution in [0.15, 0.2) is 23.1 Å². The fraction of sp³-hybridized carbons (Fsp3) is 0.538. The lowest BCUT2D eigenvalue weighted by Crippen LogP contribution is -2.35. The Bertz CT molecular complexity index is 584. The SMILES string of the molecule is CCC1CCCN1S(=O)(=O)c1ccc2c(c1)OCO2. The molecule has 5 nitrogen and oxygen atoms in total. The van der Waals surface area contributed by atoms with Crippen molar-refractivity contribution in [2.75, 3.05) is 13.3 Å². The third-order valence-corrected chi connectivity index (χ3v) is 5.69. The highest BCUT2D eigenvalue weighted by molar-refractivity contribution is 7.89. The summed E-state index contributed by atoms with van der Waals surface area (Å²) in [5.41, 5.74) is 0. The van der Waals surface area contributed by atoms with E-state index in [0.29, 0.717) is 18.0 Å². The number of fused-ring (bicyclic) bond motifs is 1. The van der Waals surface area contributed by atoms with Gasteiger partial charge in [-0.05, 0) is 31.4 Å². The highest BCUT2D eigenvalue weighted by Crippen LogP contribution is 2.36. The number of nitrogens with zero attached hydrogens (tertiary/aromatic N) is 1. The number of rotatable bonds is 3. The van der Waals surface area contributed by atoms with Crippen LogP contribution >= 0.6 is 0 Å². The van der Waals surface area contributed by atoms with E-state index in [-0.39, 0.29) is 17.7 Å². The summed E-state index contributed by atoms with van der Waals surface area (Å²) in [6.07, 6.45) is 2.73. The van der Waals surface area contributed by atoms with Crippen LogP contribution in [0.5, 0.6) is 11.5 Å². The van der Waals surface area contributed by atoms with Gasteiger partial charge in [0.25, 0.3) is 0 Å². The lowest BCUT2D eigenvalue weighted by atomic mass is 10.2. The molecular weight excluding hydrogens is 266 g/mol. The van der Waals surface area contributed by atoms with Crippen LogP contribution in [0.3, 0.4) is 0 Å². The Kier molecular flexibility index (Phi) is 3.14. The lowest BCUT2D eigenvalue weighted by Gasteiger charge is -2.23. The molecule has 1 atom stereocenters. The summed E-state index contributed by atoms with van der Waals surface area (Å²) in [5.74, 6) is 1.11. The topological polar surface area (TPSA) is 55.8 Å². The summed E-state index contributed by atoms with van der Waals surface area (Å²) in [6.45, 7) is 2.79. The second-order valence-corrected chi connectivity index (χ2v) is 6.73. The van der Waals surface area contributed by atoms with Crippen LogP contribution in [0.1, 0.15) is 26.2 Å². The summed E-state index contributed by atoms with van der Waals surface area (Å²) in [5, 5.41) is 0. The molecule has 0 aliphatic carbocycles. The van der Waals surface area contributed by atoms with Gasteiger partial charge >= 0.3 is 0 Å². The third-order valence-electron chi connectivity index (χ3n) is 3.74. The molecule has 0 bridgehead atoms. The Morgan fingerprint density at radius 3 is 2.89 bits per heavy atom. The molecule has 2 heterocycles. The van der Waals surface area contributed by atoms with Crippen molar-refractivity contribution in [3.63, 3.8) is 0 Å². The minimum absolute atomic E-state index is 0.121. The third kappa shape index (κ3) is 2.08. The van der Waals surface area contributed by atoms with Crippen LogP contribution in [-0.4, -0.2) is 32.1 Å². The van der Waals surface area contributed by atoms with E-state index in [4.69, 9.17) is 9.47 Å². The van der Waals surface area contributed by atoms with Crippen LogP contribution < -0.4 is 9.47 Å². The van der Waals surface area contributed by atoms with Crippen LogP contribution in [0.25, 0.3) is 0 Å². The number of benzene rings is 1. The smallest absolute Gasteiger partial charge is 0.243 e. The first-order valence-electron chi connectivity index (χ1n) is 6.54. The van der Waals surface area contributed by atoms with Crippen molar-refractivity contribution in [1.29, 1.82) is 0 Å². The van der Waals surface area contributed by atoms with Crippen molar-refractivity contribution in [2.24, 2.45) is 0 Å². The molecule has 19 heavy (non-hydrogen) atoms. The molecule has 0 aromatic heterocycles. The summed E-state index contributed by atoms with van der Waals surface area (Å²) in [6, 6.07) is 4.93. The Hall–Kier alpha value is -1.27. The van der Waals surface area contributed by atoms with Gasteiger partial charge in [-0.25, -0.2) is 8.42 Å². The Labute approximate surface area is 113 Å². The van der Waals surface area contributed by atoms with E-state index in [1.54, 1.807) is 22.5 Å². The van der Waals surface area contributed by atoms with Gasteiger partial charge in [-0.15, -0.1) is 0 Å². The summed E-state index contributed by atoms with van der Waals surface area (Å²) in [4.78, 5) is 0.289. The van der Waals surface area contributed by atoms with Gasteiger partial charge < -0.3 is 9.47 Å². The van der Waals surface area contributed by atoms with Crippen molar-refractivity contribution in [2.45, 2.75) is 37.1 Å². The summed E-state index contributed by atoms with van der Waals surface area (Å²) < 4.78 is 37.3. The lowest BCUT2D eigenvalue weighted by molar-refractivity contribution is 0.174. The van der Waals surface area contributed by atoms with Crippen molar-refractivity contribution >= 4 is 10.0 Å². The summed E-state index contributed by atoms with van der Waals surface area (Å²) >= 11 is 0. The Morgan fingerprint density at radius 2 is 2.11 bits per heavy atom.